The highest BCUT2D eigenvalue weighted by molar-refractivity contribution is 6.30. The molecule has 44 heavy (non-hydrogen) atoms. The minimum Gasteiger partial charge on any atom is -0.489 e. The number of hydrogen-bond donors (Lipinski definition) is 0. The molecule has 0 fully saturated rings. The van der Waals surface area contributed by atoms with Crippen LogP contribution in [0.25, 0.3) is 0 Å². The van der Waals surface area contributed by atoms with Gasteiger partial charge in [0.25, 0.3) is 0 Å². The molecule has 3 heterocycles. The third-order valence-electron chi connectivity index (χ3n) is 6.28. The van der Waals surface area contributed by atoms with E-state index in [1.807, 2.05) is 48.5 Å². The number of aromatic nitrogens is 2. The minimum atomic E-state index is 0.276. The third-order valence-corrected chi connectivity index (χ3v) is 6.50. The smallest absolute Gasteiger partial charge is 0.130 e. The first-order valence-corrected chi connectivity index (χ1v) is 15.1. The third kappa shape index (κ3) is 12.6. The van der Waals surface area contributed by atoms with Crippen LogP contribution in [0.1, 0.15) is 33.9 Å². The summed E-state index contributed by atoms with van der Waals surface area (Å²) in [6.45, 7) is 9.88. The standard InChI is InChI=1S/C33H41ClN2O8/c1-2-9-44-33-26-18-28(34)19-27(33)21-43-25-32-8-4-6-30(36-32)23-41-17-15-39-13-11-37-10-12-38-14-16-40-22-29-5-3-7-31(35-29)24-42-20-26/h2-8,18-19H,1,9-17,20-25H2. The van der Waals surface area contributed by atoms with Gasteiger partial charge in [0.15, 0.2) is 0 Å². The second-order valence-electron chi connectivity index (χ2n) is 9.82. The number of ether oxygens (including phenoxy) is 8. The number of rotatable bonds is 3. The van der Waals surface area contributed by atoms with Crippen LogP contribution in [0.15, 0.2) is 61.2 Å². The van der Waals surface area contributed by atoms with Gasteiger partial charge in [0.2, 0.25) is 0 Å². The van der Waals surface area contributed by atoms with Gasteiger partial charge in [-0.2, -0.15) is 0 Å². The van der Waals surface area contributed by atoms with Crippen LogP contribution in [0.4, 0.5) is 0 Å². The molecule has 2 aromatic heterocycles. The summed E-state index contributed by atoms with van der Waals surface area (Å²) >= 11 is 6.50. The van der Waals surface area contributed by atoms with E-state index in [2.05, 4.69) is 16.5 Å². The van der Waals surface area contributed by atoms with Crippen molar-refractivity contribution in [2.24, 2.45) is 0 Å². The summed E-state index contributed by atoms with van der Waals surface area (Å²) in [4.78, 5) is 9.31. The van der Waals surface area contributed by atoms with Crippen molar-refractivity contribution in [3.8, 4) is 5.75 Å². The Hall–Kier alpha value is -2.93. The van der Waals surface area contributed by atoms with E-state index in [1.54, 1.807) is 6.08 Å². The maximum atomic E-state index is 6.50. The topological polar surface area (TPSA) is 99.6 Å². The monoisotopic (exact) mass is 628 g/mol. The molecule has 0 radical (unpaired) electrons. The lowest BCUT2D eigenvalue weighted by atomic mass is 10.1. The fraction of sp³-hybridized carbons (Fsp3) is 0.455. The first-order chi connectivity index (χ1) is 21.7. The van der Waals surface area contributed by atoms with Crippen LogP contribution in [0.3, 0.4) is 0 Å². The van der Waals surface area contributed by atoms with Crippen molar-refractivity contribution >= 4 is 11.6 Å². The minimum absolute atomic E-state index is 0.276. The normalized spacial score (nSPS) is 17.3. The van der Waals surface area contributed by atoms with Gasteiger partial charge < -0.3 is 37.9 Å². The van der Waals surface area contributed by atoms with Crippen LogP contribution in [0.5, 0.6) is 5.75 Å². The van der Waals surface area contributed by atoms with Gasteiger partial charge in [-0.3, -0.25) is 9.97 Å². The fourth-order valence-electron chi connectivity index (χ4n) is 4.30. The van der Waals surface area contributed by atoms with Crippen LogP contribution >= 0.6 is 11.6 Å². The average molecular weight is 629 g/mol. The van der Waals surface area contributed by atoms with E-state index >= 15 is 0 Å². The number of nitrogens with zero attached hydrogens (tertiary/aromatic N) is 2. The number of fused-ring (bicyclic) bond motifs is 6. The van der Waals surface area contributed by atoms with E-state index in [0.717, 1.165) is 33.9 Å². The molecule has 1 aliphatic rings. The van der Waals surface area contributed by atoms with Gasteiger partial charge in [-0.05, 0) is 36.4 Å². The molecule has 0 amide bonds. The highest BCUT2D eigenvalue weighted by Gasteiger charge is 2.14. The summed E-state index contributed by atoms with van der Waals surface area (Å²) in [5.41, 5.74) is 4.84. The van der Waals surface area contributed by atoms with E-state index in [0.29, 0.717) is 96.7 Å². The Labute approximate surface area is 264 Å². The summed E-state index contributed by atoms with van der Waals surface area (Å²) in [6.07, 6.45) is 1.69. The number of benzene rings is 1. The molecule has 0 aliphatic carbocycles. The number of pyridine rings is 2. The number of halogens is 1. The molecule has 0 atom stereocenters. The maximum Gasteiger partial charge on any atom is 0.130 e. The van der Waals surface area contributed by atoms with Crippen molar-refractivity contribution < 1.29 is 37.9 Å². The Morgan fingerprint density at radius 1 is 0.591 bits per heavy atom. The second kappa shape index (κ2) is 20.2. The van der Waals surface area contributed by atoms with Crippen LogP contribution in [0, 0.1) is 0 Å². The van der Waals surface area contributed by atoms with Gasteiger partial charge >= 0.3 is 0 Å². The summed E-state index contributed by atoms with van der Waals surface area (Å²) in [7, 11) is 0. The molecule has 0 unspecified atom stereocenters. The van der Waals surface area contributed by atoms with Crippen LogP contribution in [-0.4, -0.2) is 69.4 Å². The zero-order chi connectivity index (χ0) is 30.7. The lowest BCUT2D eigenvalue weighted by Gasteiger charge is -2.17. The molecule has 10 nitrogen and oxygen atoms in total. The molecule has 0 N–H and O–H groups in total. The quantitative estimate of drug-likeness (QED) is 0.359. The Morgan fingerprint density at radius 3 is 1.39 bits per heavy atom. The summed E-state index contributed by atoms with van der Waals surface area (Å²) < 4.78 is 46.3. The molecule has 4 rings (SSSR count). The highest BCUT2D eigenvalue weighted by Crippen LogP contribution is 2.30. The van der Waals surface area contributed by atoms with Crippen LogP contribution < -0.4 is 4.74 Å². The van der Waals surface area contributed by atoms with Crippen molar-refractivity contribution in [1.29, 1.82) is 0 Å². The number of hydrogen-bond acceptors (Lipinski definition) is 10. The molecule has 0 saturated carbocycles. The molecule has 0 saturated heterocycles. The molecular weight excluding hydrogens is 588 g/mol. The lowest BCUT2D eigenvalue weighted by Crippen LogP contribution is -2.13. The van der Waals surface area contributed by atoms with E-state index in [4.69, 9.17) is 49.5 Å². The van der Waals surface area contributed by atoms with Gasteiger partial charge in [0, 0.05) is 16.1 Å². The SMILES string of the molecule is C=CCOc1c2cc(Cl)cc1COCc1cccc(n1)COCCOCCOCCOCCOCc1cccc(n1)COC2. The first kappa shape index (κ1) is 34.0. The molecule has 1 aromatic carbocycles. The zero-order valence-corrected chi connectivity index (χ0v) is 25.8. The zero-order valence-electron chi connectivity index (χ0n) is 25.0. The molecule has 238 valence electrons. The Balaban J connectivity index is 1.41. The van der Waals surface area contributed by atoms with Crippen molar-refractivity contribution in [2.45, 2.75) is 39.6 Å². The molecule has 11 heteroatoms. The molecule has 6 bridgehead atoms. The second-order valence-corrected chi connectivity index (χ2v) is 10.3. The Morgan fingerprint density at radius 2 is 0.977 bits per heavy atom. The molecule has 0 spiro atoms. The van der Waals surface area contributed by atoms with Crippen molar-refractivity contribution in [3.05, 3.63) is 100 Å². The lowest BCUT2D eigenvalue weighted by molar-refractivity contribution is -0.0142. The Kier molecular flexibility index (Phi) is 15.6. The van der Waals surface area contributed by atoms with E-state index in [-0.39, 0.29) is 13.2 Å². The van der Waals surface area contributed by atoms with Gasteiger partial charge in [0.1, 0.15) is 12.4 Å². The first-order valence-electron chi connectivity index (χ1n) is 14.7. The van der Waals surface area contributed by atoms with Gasteiger partial charge in [-0.1, -0.05) is 36.4 Å². The van der Waals surface area contributed by atoms with Crippen LogP contribution in [0.2, 0.25) is 5.02 Å². The molecule has 3 aromatic rings. The summed E-state index contributed by atoms with van der Waals surface area (Å²) in [6, 6.07) is 15.2. The predicted octanol–water partition coefficient (Wildman–Crippen LogP) is 5.23. The van der Waals surface area contributed by atoms with E-state index in [9.17, 15) is 0 Å². The van der Waals surface area contributed by atoms with Crippen LogP contribution in [-0.2, 0) is 72.8 Å². The van der Waals surface area contributed by atoms with Gasteiger partial charge in [0.05, 0.1) is 115 Å². The highest BCUT2D eigenvalue weighted by atomic mass is 35.5. The summed E-state index contributed by atoms with van der Waals surface area (Å²) in [5.74, 6) is 0.662. The molecular formula is C33H41ClN2O8. The average Bonchev–Trinajstić information content (AvgIpc) is 3.02. The van der Waals surface area contributed by atoms with E-state index < -0.39 is 0 Å². The molecule has 1 aliphatic heterocycles. The fourth-order valence-corrected chi connectivity index (χ4v) is 4.56. The Bertz CT molecular complexity index is 1190. The van der Waals surface area contributed by atoms with Gasteiger partial charge in [-0.15, -0.1) is 0 Å². The predicted molar refractivity (Wildman–Crippen MR) is 164 cm³/mol. The summed E-state index contributed by atoms with van der Waals surface area (Å²) in [5, 5.41) is 0.564. The van der Waals surface area contributed by atoms with Crippen molar-refractivity contribution in [2.75, 3.05) is 59.5 Å². The maximum absolute atomic E-state index is 6.50. The largest absolute Gasteiger partial charge is 0.489 e. The van der Waals surface area contributed by atoms with Crippen molar-refractivity contribution in [1.82, 2.24) is 9.97 Å². The van der Waals surface area contributed by atoms with Crippen molar-refractivity contribution in [3.63, 3.8) is 0 Å². The van der Waals surface area contributed by atoms with E-state index in [1.165, 1.54) is 0 Å². The van der Waals surface area contributed by atoms with Gasteiger partial charge in [-0.25, -0.2) is 0 Å².